The van der Waals surface area contributed by atoms with Crippen molar-refractivity contribution >= 4 is 11.8 Å². The third kappa shape index (κ3) is 3.03. The first-order chi connectivity index (χ1) is 9.13. The fraction of sp³-hybridized carbons (Fsp3) is 0.500. The van der Waals surface area contributed by atoms with E-state index < -0.39 is 0 Å². The van der Waals surface area contributed by atoms with Crippen molar-refractivity contribution in [2.45, 2.75) is 39.7 Å². The molecule has 2 atom stereocenters. The Labute approximate surface area is 114 Å². The standard InChI is InChI=1S/C16H21NO2/c1-3-7-14-12(2)10-15(18)17(16(14)19)11-13-8-5-4-6-9-13/h4-6,8-9,12,14H,3,7,10-11H2,1-2H3/t12-,14+/m1/s1. The number of likely N-dealkylation sites (tertiary alicyclic amines) is 1. The lowest BCUT2D eigenvalue weighted by Gasteiger charge is -2.34. The van der Waals surface area contributed by atoms with Crippen molar-refractivity contribution in [1.29, 1.82) is 0 Å². The molecule has 102 valence electrons. The van der Waals surface area contributed by atoms with Crippen LogP contribution in [0.5, 0.6) is 0 Å². The fourth-order valence-electron chi connectivity index (χ4n) is 2.75. The molecule has 2 rings (SSSR count). The van der Waals surface area contributed by atoms with Crippen molar-refractivity contribution in [3.05, 3.63) is 35.9 Å². The Balaban J connectivity index is 2.14. The Hall–Kier alpha value is -1.64. The summed E-state index contributed by atoms with van der Waals surface area (Å²) in [6, 6.07) is 9.70. The molecule has 0 N–H and O–H groups in total. The first-order valence-electron chi connectivity index (χ1n) is 7.01. The highest BCUT2D eigenvalue weighted by Crippen LogP contribution is 2.29. The van der Waals surface area contributed by atoms with Crippen molar-refractivity contribution in [2.75, 3.05) is 0 Å². The van der Waals surface area contributed by atoms with E-state index in [1.54, 1.807) is 0 Å². The molecule has 0 aliphatic carbocycles. The molecule has 1 aliphatic rings. The van der Waals surface area contributed by atoms with E-state index in [0.29, 0.717) is 13.0 Å². The average Bonchev–Trinajstić information content (AvgIpc) is 2.41. The highest BCUT2D eigenvalue weighted by atomic mass is 16.2. The van der Waals surface area contributed by atoms with Gasteiger partial charge in [0.2, 0.25) is 11.8 Å². The van der Waals surface area contributed by atoms with Crippen molar-refractivity contribution in [3.8, 4) is 0 Å². The molecule has 1 heterocycles. The summed E-state index contributed by atoms with van der Waals surface area (Å²) in [4.78, 5) is 26.0. The maximum Gasteiger partial charge on any atom is 0.232 e. The minimum absolute atomic E-state index is 0.00594. The van der Waals surface area contributed by atoms with Crippen LogP contribution in [-0.4, -0.2) is 16.7 Å². The molecule has 3 nitrogen and oxygen atoms in total. The quantitative estimate of drug-likeness (QED) is 0.779. The zero-order valence-corrected chi connectivity index (χ0v) is 11.6. The summed E-state index contributed by atoms with van der Waals surface area (Å²) >= 11 is 0. The molecule has 0 saturated carbocycles. The van der Waals surface area contributed by atoms with E-state index in [0.717, 1.165) is 18.4 Å². The van der Waals surface area contributed by atoms with Crippen LogP contribution in [0.4, 0.5) is 0 Å². The maximum absolute atomic E-state index is 12.4. The van der Waals surface area contributed by atoms with E-state index in [1.165, 1.54) is 4.90 Å². The van der Waals surface area contributed by atoms with E-state index in [2.05, 4.69) is 6.92 Å². The van der Waals surface area contributed by atoms with Gasteiger partial charge in [-0.3, -0.25) is 14.5 Å². The maximum atomic E-state index is 12.4. The van der Waals surface area contributed by atoms with Gasteiger partial charge in [-0.15, -0.1) is 0 Å². The zero-order chi connectivity index (χ0) is 13.8. The van der Waals surface area contributed by atoms with E-state index in [-0.39, 0.29) is 23.7 Å². The van der Waals surface area contributed by atoms with Crippen LogP contribution >= 0.6 is 0 Å². The molecule has 0 spiro atoms. The molecular formula is C16H21NO2. The number of benzene rings is 1. The van der Waals surface area contributed by atoms with Gasteiger partial charge in [0.25, 0.3) is 0 Å². The highest BCUT2D eigenvalue weighted by Gasteiger charge is 2.38. The summed E-state index contributed by atoms with van der Waals surface area (Å²) in [6.07, 6.45) is 2.34. The molecule has 3 heteroatoms. The molecule has 1 saturated heterocycles. The number of imide groups is 1. The highest BCUT2D eigenvalue weighted by molar-refractivity contribution is 5.99. The molecule has 1 aromatic rings. The molecular weight excluding hydrogens is 238 g/mol. The van der Waals surface area contributed by atoms with Gasteiger partial charge in [0.15, 0.2) is 0 Å². The van der Waals surface area contributed by atoms with Gasteiger partial charge in [-0.2, -0.15) is 0 Å². The number of piperidine rings is 1. The van der Waals surface area contributed by atoms with Crippen LogP contribution in [0.15, 0.2) is 30.3 Å². The number of carbonyl (C=O) groups excluding carboxylic acids is 2. The third-order valence-corrected chi connectivity index (χ3v) is 3.85. The largest absolute Gasteiger partial charge is 0.278 e. The Bertz CT molecular complexity index is 455. The van der Waals surface area contributed by atoms with Gasteiger partial charge in [-0.1, -0.05) is 50.6 Å². The first-order valence-corrected chi connectivity index (χ1v) is 7.01. The summed E-state index contributed by atoms with van der Waals surface area (Å²) < 4.78 is 0. The van der Waals surface area contributed by atoms with Crippen LogP contribution in [0.1, 0.15) is 38.7 Å². The molecule has 1 aromatic carbocycles. The topological polar surface area (TPSA) is 37.4 Å². The molecule has 0 bridgehead atoms. The molecule has 1 fully saturated rings. The second-order valence-electron chi connectivity index (χ2n) is 5.38. The summed E-state index contributed by atoms with van der Waals surface area (Å²) in [5, 5.41) is 0. The van der Waals surface area contributed by atoms with Crippen LogP contribution in [-0.2, 0) is 16.1 Å². The molecule has 19 heavy (non-hydrogen) atoms. The predicted molar refractivity (Wildman–Crippen MR) is 74.2 cm³/mol. The second-order valence-corrected chi connectivity index (χ2v) is 5.38. The molecule has 0 radical (unpaired) electrons. The van der Waals surface area contributed by atoms with E-state index in [1.807, 2.05) is 37.3 Å². The normalized spacial score (nSPS) is 23.8. The average molecular weight is 259 g/mol. The molecule has 1 aliphatic heterocycles. The Morgan fingerprint density at radius 2 is 1.89 bits per heavy atom. The number of hydrogen-bond acceptors (Lipinski definition) is 2. The molecule has 0 unspecified atom stereocenters. The van der Waals surface area contributed by atoms with Gasteiger partial charge in [0.1, 0.15) is 0 Å². The van der Waals surface area contributed by atoms with Crippen molar-refractivity contribution in [3.63, 3.8) is 0 Å². The molecule has 2 amide bonds. The van der Waals surface area contributed by atoms with Crippen molar-refractivity contribution in [2.24, 2.45) is 11.8 Å². The summed E-state index contributed by atoms with van der Waals surface area (Å²) in [5.74, 6) is 0.154. The van der Waals surface area contributed by atoms with Crippen LogP contribution in [0.2, 0.25) is 0 Å². The van der Waals surface area contributed by atoms with Crippen LogP contribution in [0.3, 0.4) is 0 Å². The SMILES string of the molecule is CCC[C@@H]1C(=O)N(Cc2ccccc2)C(=O)C[C@H]1C. The first kappa shape index (κ1) is 13.8. The van der Waals surface area contributed by atoms with Gasteiger partial charge >= 0.3 is 0 Å². The third-order valence-electron chi connectivity index (χ3n) is 3.85. The minimum atomic E-state index is -0.0336. The number of amides is 2. The lowest BCUT2D eigenvalue weighted by Crippen LogP contribution is -2.47. The van der Waals surface area contributed by atoms with E-state index in [9.17, 15) is 9.59 Å². The fourth-order valence-corrected chi connectivity index (χ4v) is 2.75. The van der Waals surface area contributed by atoms with Gasteiger partial charge in [-0.05, 0) is 17.9 Å². The zero-order valence-electron chi connectivity index (χ0n) is 11.6. The van der Waals surface area contributed by atoms with Crippen LogP contribution in [0, 0.1) is 11.8 Å². The number of nitrogens with zero attached hydrogens (tertiary/aromatic N) is 1. The Morgan fingerprint density at radius 1 is 1.21 bits per heavy atom. The number of carbonyl (C=O) groups is 2. The second kappa shape index (κ2) is 6.00. The van der Waals surface area contributed by atoms with Gasteiger partial charge in [0.05, 0.1) is 6.54 Å². The van der Waals surface area contributed by atoms with Gasteiger partial charge in [0, 0.05) is 12.3 Å². The summed E-state index contributed by atoms with van der Waals surface area (Å²) in [7, 11) is 0. The predicted octanol–water partition coefficient (Wildman–Crippen LogP) is 3.00. The van der Waals surface area contributed by atoms with Gasteiger partial charge < -0.3 is 0 Å². The van der Waals surface area contributed by atoms with E-state index in [4.69, 9.17) is 0 Å². The van der Waals surface area contributed by atoms with E-state index >= 15 is 0 Å². The van der Waals surface area contributed by atoms with Crippen LogP contribution < -0.4 is 0 Å². The monoisotopic (exact) mass is 259 g/mol. The smallest absolute Gasteiger partial charge is 0.232 e. The number of rotatable bonds is 4. The summed E-state index contributed by atoms with van der Waals surface area (Å²) in [5.41, 5.74) is 1.01. The lowest BCUT2D eigenvalue weighted by molar-refractivity contribution is -0.155. The lowest BCUT2D eigenvalue weighted by atomic mass is 9.83. The Morgan fingerprint density at radius 3 is 2.53 bits per heavy atom. The Kier molecular flexibility index (Phi) is 4.35. The minimum Gasteiger partial charge on any atom is -0.278 e. The number of hydrogen-bond donors (Lipinski definition) is 0. The van der Waals surface area contributed by atoms with Gasteiger partial charge in [-0.25, -0.2) is 0 Å². The van der Waals surface area contributed by atoms with Crippen molar-refractivity contribution < 1.29 is 9.59 Å². The molecule has 0 aromatic heterocycles. The van der Waals surface area contributed by atoms with Crippen LogP contribution in [0.25, 0.3) is 0 Å². The summed E-state index contributed by atoms with van der Waals surface area (Å²) in [6.45, 7) is 4.50. The van der Waals surface area contributed by atoms with Crippen molar-refractivity contribution in [1.82, 2.24) is 4.90 Å².